The van der Waals surface area contributed by atoms with Crippen molar-refractivity contribution in [2.75, 3.05) is 13.1 Å². The summed E-state index contributed by atoms with van der Waals surface area (Å²) in [5, 5.41) is 0.586. The standard InChI is InChI=1S/C16H17N3O3/c1-16(15(17)22)9-19(10-16)14(21)8-18-7-6-13(20)11-4-2-3-5-12(11)18/h2-7H,8-10H2,1H3,(H2,17,22). The maximum atomic E-state index is 12.3. The van der Waals surface area contributed by atoms with Crippen LogP contribution in [0, 0.1) is 5.41 Å². The molecule has 0 radical (unpaired) electrons. The number of benzene rings is 1. The Morgan fingerprint density at radius 1 is 1.23 bits per heavy atom. The molecular formula is C16H17N3O3. The molecule has 22 heavy (non-hydrogen) atoms. The fourth-order valence-corrected chi connectivity index (χ4v) is 2.77. The molecule has 2 aromatic rings. The highest BCUT2D eigenvalue weighted by Crippen LogP contribution is 2.29. The van der Waals surface area contributed by atoms with E-state index in [1.807, 2.05) is 12.1 Å². The second kappa shape index (κ2) is 4.98. The molecule has 0 aliphatic carbocycles. The average Bonchev–Trinajstić information content (AvgIpc) is 2.46. The SMILES string of the molecule is CC1(C(N)=O)CN(C(=O)Cn2ccc(=O)c3ccccc32)C1. The number of amides is 2. The monoisotopic (exact) mass is 299 g/mol. The predicted molar refractivity (Wildman–Crippen MR) is 82.1 cm³/mol. The number of nitrogens with zero attached hydrogens (tertiary/aromatic N) is 2. The smallest absolute Gasteiger partial charge is 0.242 e. The molecule has 0 spiro atoms. The second-order valence-corrected chi connectivity index (χ2v) is 6.00. The average molecular weight is 299 g/mol. The number of aromatic nitrogens is 1. The van der Waals surface area contributed by atoms with Crippen molar-refractivity contribution >= 4 is 22.7 Å². The Labute approximate surface area is 127 Å². The molecule has 3 rings (SSSR count). The molecule has 0 unspecified atom stereocenters. The molecule has 2 N–H and O–H groups in total. The van der Waals surface area contributed by atoms with Crippen molar-refractivity contribution < 1.29 is 9.59 Å². The van der Waals surface area contributed by atoms with Crippen LogP contribution in [0.1, 0.15) is 6.92 Å². The number of hydrogen-bond donors (Lipinski definition) is 1. The van der Waals surface area contributed by atoms with Gasteiger partial charge in [0.05, 0.1) is 10.9 Å². The van der Waals surface area contributed by atoms with E-state index in [0.29, 0.717) is 18.5 Å². The van der Waals surface area contributed by atoms with Gasteiger partial charge in [-0.15, -0.1) is 0 Å². The Morgan fingerprint density at radius 3 is 2.59 bits per heavy atom. The molecule has 1 aliphatic rings. The van der Waals surface area contributed by atoms with Crippen LogP contribution >= 0.6 is 0 Å². The van der Waals surface area contributed by atoms with E-state index in [2.05, 4.69) is 0 Å². The number of nitrogens with two attached hydrogens (primary N) is 1. The molecule has 1 aliphatic heterocycles. The number of fused-ring (bicyclic) bond motifs is 1. The maximum Gasteiger partial charge on any atom is 0.242 e. The van der Waals surface area contributed by atoms with Gasteiger partial charge in [-0.1, -0.05) is 12.1 Å². The molecule has 1 saturated heterocycles. The normalized spacial score (nSPS) is 16.3. The van der Waals surface area contributed by atoms with E-state index in [9.17, 15) is 14.4 Å². The van der Waals surface area contributed by atoms with E-state index in [1.54, 1.807) is 34.7 Å². The Balaban J connectivity index is 1.80. The summed E-state index contributed by atoms with van der Waals surface area (Å²) in [5.41, 5.74) is 5.36. The minimum atomic E-state index is -0.624. The maximum absolute atomic E-state index is 12.3. The fraction of sp³-hybridized carbons (Fsp3) is 0.312. The van der Waals surface area contributed by atoms with Crippen LogP contribution in [0.3, 0.4) is 0 Å². The van der Waals surface area contributed by atoms with Gasteiger partial charge in [-0.3, -0.25) is 14.4 Å². The highest BCUT2D eigenvalue weighted by Gasteiger charge is 2.45. The summed E-state index contributed by atoms with van der Waals surface area (Å²) in [7, 11) is 0. The van der Waals surface area contributed by atoms with E-state index in [-0.39, 0.29) is 23.8 Å². The van der Waals surface area contributed by atoms with Crippen LogP contribution in [0.2, 0.25) is 0 Å². The zero-order chi connectivity index (χ0) is 15.9. The van der Waals surface area contributed by atoms with Crippen molar-refractivity contribution in [2.24, 2.45) is 11.1 Å². The van der Waals surface area contributed by atoms with Gasteiger partial charge in [0.1, 0.15) is 6.54 Å². The lowest BCUT2D eigenvalue weighted by molar-refractivity contribution is -0.150. The number of para-hydroxylation sites is 1. The third kappa shape index (κ3) is 2.26. The molecule has 114 valence electrons. The molecule has 2 heterocycles. The summed E-state index contributed by atoms with van der Waals surface area (Å²) in [6.45, 7) is 2.59. The Kier molecular flexibility index (Phi) is 3.24. The third-order valence-corrected chi connectivity index (χ3v) is 4.22. The quantitative estimate of drug-likeness (QED) is 0.886. The van der Waals surface area contributed by atoms with Gasteiger partial charge in [0.25, 0.3) is 0 Å². The topological polar surface area (TPSA) is 85.4 Å². The number of hydrogen-bond acceptors (Lipinski definition) is 3. The lowest BCUT2D eigenvalue weighted by Crippen LogP contribution is -2.62. The van der Waals surface area contributed by atoms with E-state index in [4.69, 9.17) is 5.73 Å². The third-order valence-electron chi connectivity index (χ3n) is 4.22. The first-order chi connectivity index (χ1) is 10.4. The number of likely N-dealkylation sites (tertiary alicyclic amines) is 1. The molecule has 2 amide bonds. The summed E-state index contributed by atoms with van der Waals surface area (Å²) in [6.07, 6.45) is 1.62. The highest BCUT2D eigenvalue weighted by atomic mass is 16.2. The number of carbonyl (C=O) groups is 2. The summed E-state index contributed by atoms with van der Waals surface area (Å²) in [4.78, 5) is 37.0. The first-order valence-electron chi connectivity index (χ1n) is 7.07. The van der Waals surface area contributed by atoms with E-state index >= 15 is 0 Å². The van der Waals surface area contributed by atoms with Gasteiger partial charge in [0.2, 0.25) is 11.8 Å². The Morgan fingerprint density at radius 2 is 1.91 bits per heavy atom. The van der Waals surface area contributed by atoms with Gasteiger partial charge in [-0.05, 0) is 19.1 Å². The van der Waals surface area contributed by atoms with Gasteiger partial charge in [0, 0.05) is 30.7 Å². The van der Waals surface area contributed by atoms with Crippen LogP contribution < -0.4 is 11.2 Å². The molecule has 6 heteroatoms. The molecule has 0 saturated carbocycles. The largest absolute Gasteiger partial charge is 0.369 e. The summed E-state index contributed by atoms with van der Waals surface area (Å²) in [6, 6.07) is 8.64. The van der Waals surface area contributed by atoms with Crippen molar-refractivity contribution in [2.45, 2.75) is 13.5 Å². The van der Waals surface area contributed by atoms with Crippen molar-refractivity contribution in [1.29, 1.82) is 0 Å². The lowest BCUT2D eigenvalue weighted by atomic mass is 9.81. The van der Waals surface area contributed by atoms with E-state index < -0.39 is 5.41 Å². The molecule has 1 aromatic heterocycles. The van der Waals surface area contributed by atoms with E-state index in [0.717, 1.165) is 5.52 Å². The summed E-state index contributed by atoms with van der Waals surface area (Å²) in [5.74, 6) is -0.474. The number of carbonyl (C=O) groups excluding carboxylic acids is 2. The van der Waals surface area contributed by atoms with Crippen molar-refractivity contribution in [3.63, 3.8) is 0 Å². The number of pyridine rings is 1. The molecule has 0 atom stereocenters. The molecule has 1 fully saturated rings. The van der Waals surface area contributed by atoms with Gasteiger partial charge in [-0.25, -0.2) is 0 Å². The van der Waals surface area contributed by atoms with Crippen LogP contribution in [-0.2, 0) is 16.1 Å². The van der Waals surface area contributed by atoms with Crippen molar-refractivity contribution in [3.05, 3.63) is 46.8 Å². The number of rotatable bonds is 3. The first-order valence-corrected chi connectivity index (χ1v) is 7.07. The summed E-state index contributed by atoms with van der Waals surface area (Å²) < 4.78 is 1.75. The lowest BCUT2D eigenvalue weighted by Gasteiger charge is -2.45. The minimum absolute atomic E-state index is 0.0652. The van der Waals surface area contributed by atoms with Gasteiger partial charge in [0.15, 0.2) is 5.43 Å². The zero-order valence-corrected chi connectivity index (χ0v) is 12.3. The molecule has 1 aromatic carbocycles. The zero-order valence-electron chi connectivity index (χ0n) is 12.3. The van der Waals surface area contributed by atoms with E-state index in [1.165, 1.54) is 6.07 Å². The summed E-state index contributed by atoms with van der Waals surface area (Å²) >= 11 is 0. The molecule has 0 bridgehead atoms. The van der Waals surface area contributed by atoms with Gasteiger partial charge >= 0.3 is 0 Å². The van der Waals surface area contributed by atoms with Gasteiger partial charge < -0.3 is 15.2 Å². The first kappa shape index (κ1) is 14.3. The van der Waals surface area contributed by atoms with Gasteiger partial charge in [-0.2, -0.15) is 0 Å². The Bertz CT molecular complexity index is 819. The molecular weight excluding hydrogens is 282 g/mol. The van der Waals surface area contributed by atoms with Crippen molar-refractivity contribution in [3.8, 4) is 0 Å². The van der Waals surface area contributed by atoms with Crippen LogP contribution in [0.25, 0.3) is 10.9 Å². The minimum Gasteiger partial charge on any atom is -0.369 e. The molecule has 6 nitrogen and oxygen atoms in total. The van der Waals surface area contributed by atoms with Crippen molar-refractivity contribution in [1.82, 2.24) is 9.47 Å². The Hall–Kier alpha value is -2.63. The second-order valence-electron chi connectivity index (χ2n) is 6.00. The fourth-order valence-electron chi connectivity index (χ4n) is 2.77. The van der Waals surface area contributed by atoms with Crippen LogP contribution in [-0.4, -0.2) is 34.4 Å². The predicted octanol–water partition coefficient (Wildman–Crippen LogP) is 0.335. The van der Waals surface area contributed by atoms with Crippen LogP contribution in [0.5, 0.6) is 0 Å². The highest BCUT2D eigenvalue weighted by molar-refractivity contribution is 5.87. The number of primary amides is 1. The van der Waals surface area contributed by atoms with Crippen LogP contribution in [0.15, 0.2) is 41.3 Å². The van der Waals surface area contributed by atoms with Crippen LogP contribution in [0.4, 0.5) is 0 Å².